The molecular formula is C18H28N4O2. The second kappa shape index (κ2) is 7.21. The van der Waals surface area contributed by atoms with Gasteiger partial charge in [0.1, 0.15) is 0 Å². The van der Waals surface area contributed by atoms with Crippen LogP contribution >= 0.6 is 0 Å². The maximum absolute atomic E-state index is 12.9. The molecule has 1 rings (SSSR count). The minimum absolute atomic E-state index is 0.0894. The molecule has 4 atom stereocenters. The Labute approximate surface area is 145 Å². The largest absolute Gasteiger partial charge is 0.344 e. The summed E-state index contributed by atoms with van der Waals surface area (Å²) in [6.45, 7) is 7.94. The monoisotopic (exact) mass is 332 g/mol. The molecule has 0 N–H and O–H groups in total. The minimum Gasteiger partial charge on any atom is -0.344 e. The first-order valence-electron chi connectivity index (χ1n) is 8.34. The molecule has 0 heterocycles. The molecule has 1 saturated carbocycles. The van der Waals surface area contributed by atoms with Gasteiger partial charge in [-0.3, -0.25) is 9.59 Å². The molecule has 4 unspecified atom stereocenters. The van der Waals surface area contributed by atoms with Gasteiger partial charge in [-0.15, -0.1) is 0 Å². The lowest BCUT2D eigenvalue weighted by Crippen LogP contribution is -2.63. The van der Waals surface area contributed by atoms with Gasteiger partial charge in [-0.2, -0.15) is 10.5 Å². The van der Waals surface area contributed by atoms with E-state index in [1.807, 2.05) is 13.8 Å². The fourth-order valence-electron chi connectivity index (χ4n) is 3.47. The Hall–Kier alpha value is -2.08. The molecule has 0 aromatic rings. The van der Waals surface area contributed by atoms with E-state index >= 15 is 0 Å². The normalized spacial score (nSPS) is 27.8. The second-order valence-corrected chi connectivity index (χ2v) is 7.60. The Morgan fingerprint density at radius 3 is 1.42 bits per heavy atom. The summed E-state index contributed by atoms with van der Waals surface area (Å²) in [4.78, 5) is 29.0. The van der Waals surface area contributed by atoms with Crippen LogP contribution in [0.5, 0.6) is 0 Å². The molecule has 2 amide bonds. The van der Waals surface area contributed by atoms with Crippen LogP contribution in [0.4, 0.5) is 0 Å². The van der Waals surface area contributed by atoms with Crippen LogP contribution in [0.15, 0.2) is 0 Å². The van der Waals surface area contributed by atoms with Crippen molar-refractivity contribution in [1.29, 1.82) is 10.5 Å². The van der Waals surface area contributed by atoms with Gasteiger partial charge in [0.2, 0.25) is 11.8 Å². The molecule has 0 radical (unpaired) electrons. The number of nitriles is 2. The highest BCUT2D eigenvalue weighted by atomic mass is 16.2. The van der Waals surface area contributed by atoms with Crippen LogP contribution in [0, 0.1) is 45.3 Å². The maximum atomic E-state index is 12.9. The van der Waals surface area contributed by atoms with Crippen molar-refractivity contribution in [3.05, 3.63) is 0 Å². The van der Waals surface area contributed by atoms with E-state index in [2.05, 4.69) is 12.1 Å². The third-order valence-electron chi connectivity index (χ3n) is 5.52. The molecule has 0 aromatic heterocycles. The van der Waals surface area contributed by atoms with Crippen molar-refractivity contribution in [1.82, 2.24) is 9.80 Å². The first-order valence-corrected chi connectivity index (χ1v) is 8.34. The summed E-state index contributed by atoms with van der Waals surface area (Å²) in [5.41, 5.74) is -1.53. The van der Waals surface area contributed by atoms with Crippen molar-refractivity contribution in [3.63, 3.8) is 0 Å². The van der Waals surface area contributed by atoms with E-state index < -0.39 is 10.8 Å². The Morgan fingerprint density at radius 1 is 0.917 bits per heavy atom. The summed E-state index contributed by atoms with van der Waals surface area (Å²) >= 11 is 0. The number of amides is 2. The molecule has 0 saturated heterocycles. The van der Waals surface area contributed by atoms with Crippen LogP contribution in [-0.2, 0) is 9.59 Å². The molecule has 1 aliphatic carbocycles. The summed E-state index contributed by atoms with van der Waals surface area (Å²) in [6.07, 6.45) is 1.31. The lowest BCUT2D eigenvalue weighted by atomic mass is 9.49. The molecule has 0 spiro atoms. The van der Waals surface area contributed by atoms with Crippen molar-refractivity contribution in [2.75, 3.05) is 27.2 Å². The standard InChI is InChI=1S/C18H28N4O2/c1-13(9-19)11-21(5)15(23)17(3)7-8-18(17,4)16(24)22(6)12-14(2)10-20/h13-14H,7-8,11-12H2,1-6H3. The number of nitrogens with zero attached hydrogens (tertiary/aromatic N) is 4. The van der Waals surface area contributed by atoms with E-state index in [9.17, 15) is 9.59 Å². The van der Waals surface area contributed by atoms with Crippen molar-refractivity contribution >= 4 is 11.8 Å². The molecule has 24 heavy (non-hydrogen) atoms. The maximum Gasteiger partial charge on any atom is 0.229 e. The molecule has 1 aliphatic rings. The summed E-state index contributed by atoms with van der Waals surface area (Å²) in [7, 11) is 3.37. The highest BCUT2D eigenvalue weighted by Crippen LogP contribution is 2.58. The quantitative estimate of drug-likeness (QED) is 0.744. The topological polar surface area (TPSA) is 88.2 Å². The van der Waals surface area contributed by atoms with E-state index in [0.717, 1.165) is 0 Å². The van der Waals surface area contributed by atoms with Crippen molar-refractivity contribution in [2.45, 2.75) is 40.5 Å². The average molecular weight is 332 g/mol. The molecule has 6 nitrogen and oxygen atoms in total. The first-order chi connectivity index (χ1) is 11.0. The summed E-state index contributed by atoms with van der Waals surface area (Å²) < 4.78 is 0. The highest BCUT2D eigenvalue weighted by molar-refractivity contribution is 5.94. The van der Waals surface area contributed by atoms with E-state index in [1.54, 1.807) is 37.7 Å². The third kappa shape index (κ3) is 3.38. The second-order valence-electron chi connectivity index (χ2n) is 7.60. The van der Waals surface area contributed by atoms with Gasteiger partial charge in [-0.05, 0) is 40.5 Å². The molecular weight excluding hydrogens is 304 g/mol. The van der Waals surface area contributed by atoms with Crippen LogP contribution < -0.4 is 0 Å². The highest BCUT2D eigenvalue weighted by Gasteiger charge is 2.62. The van der Waals surface area contributed by atoms with Gasteiger partial charge in [-0.25, -0.2) is 0 Å². The summed E-state index contributed by atoms with van der Waals surface area (Å²) in [6, 6.07) is 4.26. The van der Waals surface area contributed by atoms with Crippen molar-refractivity contribution < 1.29 is 9.59 Å². The van der Waals surface area contributed by atoms with E-state index in [-0.39, 0.29) is 23.7 Å². The van der Waals surface area contributed by atoms with Gasteiger partial charge in [-0.1, -0.05) is 0 Å². The Morgan fingerprint density at radius 2 is 1.21 bits per heavy atom. The van der Waals surface area contributed by atoms with Crippen LogP contribution in [0.3, 0.4) is 0 Å². The van der Waals surface area contributed by atoms with Gasteiger partial charge in [0.25, 0.3) is 0 Å². The third-order valence-corrected chi connectivity index (χ3v) is 5.52. The first kappa shape index (κ1) is 20.0. The zero-order valence-corrected chi connectivity index (χ0v) is 15.6. The van der Waals surface area contributed by atoms with Crippen LogP contribution in [0.2, 0.25) is 0 Å². The fourth-order valence-corrected chi connectivity index (χ4v) is 3.47. The number of hydrogen-bond acceptors (Lipinski definition) is 4. The SMILES string of the molecule is CC(C#N)CN(C)C(=O)C1(C)CCC1(C)C(=O)N(C)CC(C)C#N. The number of carbonyl (C=O) groups excluding carboxylic acids is 2. The molecule has 1 fully saturated rings. The average Bonchev–Trinajstić information content (AvgIpc) is 2.57. The Balaban J connectivity index is 2.92. The fraction of sp³-hybridized carbons (Fsp3) is 0.778. The zero-order chi connectivity index (χ0) is 18.7. The predicted molar refractivity (Wildman–Crippen MR) is 90.3 cm³/mol. The van der Waals surface area contributed by atoms with Gasteiger partial charge in [0, 0.05) is 27.2 Å². The molecule has 0 aliphatic heterocycles. The Bertz CT molecular complexity index is 539. The van der Waals surface area contributed by atoms with Crippen LogP contribution in [0.25, 0.3) is 0 Å². The molecule has 0 bridgehead atoms. The molecule has 6 heteroatoms. The predicted octanol–water partition coefficient (Wildman–Crippen LogP) is 2.03. The summed E-state index contributed by atoms with van der Waals surface area (Å²) in [5.74, 6) is -0.672. The lowest BCUT2D eigenvalue weighted by Gasteiger charge is -2.55. The number of hydrogen-bond donors (Lipinski definition) is 0. The zero-order valence-electron chi connectivity index (χ0n) is 15.6. The molecule has 0 aromatic carbocycles. The van der Waals surface area contributed by atoms with E-state index in [1.165, 1.54) is 0 Å². The van der Waals surface area contributed by atoms with E-state index in [0.29, 0.717) is 25.9 Å². The lowest BCUT2D eigenvalue weighted by molar-refractivity contribution is -0.177. The van der Waals surface area contributed by atoms with Gasteiger partial charge in [0.15, 0.2) is 0 Å². The van der Waals surface area contributed by atoms with Gasteiger partial charge in [0.05, 0.1) is 34.8 Å². The van der Waals surface area contributed by atoms with Crippen molar-refractivity contribution in [2.24, 2.45) is 22.7 Å². The van der Waals surface area contributed by atoms with E-state index in [4.69, 9.17) is 10.5 Å². The number of carbonyl (C=O) groups is 2. The smallest absolute Gasteiger partial charge is 0.229 e. The number of rotatable bonds is 6. The van der Waals surface area contributed by atoms with Gasteiger partial charge >= 0.3 is 0 Å². The Kier molecular flexibility index (Phi) is 6.00. The van der Waals surface area contributed by atoms with Crippen LogP contribution in [-0.4, -0.2) is 48.8 Å². The summed E-state index contributed by atoms with van der Waals surface area (Å²) in [5, 5.41) is 17.9. The minimum atomic E-state index is -0.766. The van der Waals surface area contributed by atoms with Crippen LogP contribution in [0.1, 0.15) is 40.5 Å². The van der Waals surface area contributed by atoms with Crippen molar-refractivity contribution in [3.8, 4) is 12.1 Å². The molecule has 132 valence electrons. The van der Waals surface area contributed by atoms with Gasteiger partial charge < -0.3 is 9.80 Å².